The van der Waals surface area contributed by atoms with E-state index >= 15 is 0 Å². The molecule has 5 nitrogen and oxygen atoms in total. The van der Waals surface area contributed by atoms with Crippen LogP contribution in [0.2, 0.25) is 0 Å². The maximum absolute atomic E-state index is 12.6. The summed E-state index contributed by atoms with van der Waals surface area (Å²) < 4.78 is 0. The molecule has 2 aliphatic carbocycles. The highest BCUT2D eigenvalue weighted by Gasteiger charge is 2.33. The van der Waals surface area contributed by atoms with Crippen LogP contribution < -0.4 is 5.73 Å². The van der Waals surface area contributed by atoms with Crippen molar-refractivity contribution < 1.29 is 4.79 Å². The maximum Gasteiger partial charge on any atom is 0.276 e. The Hall–Kier alpha value is -1.52. The van der Waals surface area contributed by atoms with Crippen LogP contribution in [0.1, 0.15) is 67.5 Å². The number of aromatic nitrogens is 2. The molecule has 2 aliphatic rings. The molecule has 0 bridgehead atoms. The van der Waals surface area contributed by atoms with Crippen molar-refractivity contribution >= 4 is 11.6 Å². The lowest BCUT2D eigenvalue weighted by molar-refractivity contribution is 0.0624. The minimum atomic E-state index is -0.0376. The molecule has 1 heterocycles. The molecular weight excluding hydrogens is 252 g/mol. The summed E-state index contributed by atoms with van der Waals surface area (Å²) in [4.78, 5) is 14.5. The molecular formula is C15H24N4O. The molecule has 20 heavy (non-hydrogen) atoms. The second-order valence-electron chi connectivity index (χ2n) is 6.42. The van der Waals surface area contributed by atoms with Gasteiger partial charge < -0.3 is 10.6 Å². The Morgan fingerprint density at radius 3 is 2.65 bits per heavy atom. The third-order valence-corrected chi connectivity index (χ3v) is 4.91. The van der Waals surface area contributed by atoms with Crippen LogP contribution in [0, 0.1) is 5.92 Å². The van der Waals surface area contributed by atoms with Crippen molar-refractivity contribution in [2.24, 2.45) is 5.92 Å². The highest BCUT2D eigenvalue weighted by molar-refractivity contribution is 5.97. The molecule has 2 saturated carbocycles. The van der Waals surface area contributed by atoms with Gasteiger partial charge in [0.2, 0.25) is 0 Å². The van der Waals surface area contributed by atoms with Crippen LogP contribution in [0.4, 0.5) is 5.69 Å². The summed E-state index contributed by atoms with van der Waals surface area (Å²) in [5, 5.41) is 7.14. The fraction of sp³-hybridized carbons (Fsp3) is 0.733. The predicted molar refractivity (Wildman–Crippen MR) is 78.5 cm³/mol. The number of hydrogen-bond donors (Lipinski definition) is 2. The van der Waals surface area contributed by atoms with Gasteiger partial charge in [-0.15, -0.1) is 0 Å². The fourth-order valence-corrected chi connectivity index (χ4v) is 3.40. The number of nitrogens with zero attached hydrogens (tertiary/aromatic N) is 2. The first-order valence-electron chi connectivity index (χ1n) is 7.70. The first-order valence-corrected chi connectivity index (χ1v) is 7.70. The van der Waals surface area contributed by atoms with E-state index in [1.165, 1.54) is 19.3 Å². The quantitative estimate of drug-likeness (QED) is 0.890. The molecule has 1 amide bonds. The normalized spacial score (nSPS) is 26.5. The van der Waals surface area contributed by atoms with Crippen LogP contribution in [-0.4, -0.2) is 34.1 Å². The first kappa shape index (κ1) is 13.5. The first-order chi connectivity index (χ1) is 9.59. The van der Waals surface area contributed by atoms with Crippen molar-refractivity contribution in [3.8, 4) is 0 Å². The van der Waals surface area contributed by atoms with Gasteiger partial charge in [0, 0.05) is 19.0 Å². The van der Waals surface area contributed by atoms with E-state index in [0.717, 1.165) is 25.0 Å². The molecule has 5 heteroatoms. The third kappa shape index (κ3) is 2.30. The molecule has 0 spiro atoms. The summed E-state index contributed by atoms with van der Waals surface area (Å²) in [6.45, 7) is 2.23. The minimum absolute atomic E-state index is 0.0376. The Bertz CT molecular complexity index is 506. The standard InChI is InChI=1S/C15H24N4O/c1-9-5-3-4-6-11(9)19(2)15(20)14-12(16)13(17-18-14)10-7-8-10/h9-11H,3-8,16H2,1-2H3,(H,17,18). The van der Waals surface area contributed by atoms with Crippen LogP contribution in [-0.2, 0) is 0 Å². The fourth-order valence-electron chi connectivity index (χ4n) is 3.40. The largest absolute Gasteiger partial charge is 0.395 e. The lowest BCUT2D eigenvalue weighted by Gasteiger charge is -2.36. The molecule has 0 aliphatic heterocycles. The Morgan fingerprint density at radius 2 is 2.00 bits per heavy atom. The van der Waals surface area contributed by atoms with Gasteiger partial charge in [0.25, 0.3) is 5.91 Å². The van der Waals surface area contributed by atoms with E-state index in [-0.39, 0.29) is 5.91 Å². The number of carbonyl (C=O) groups is 1. The number of aromatic amines is 1. The van der Waals surface area contributed by atoms with E-state index in [2.05, 4.69) is 17.1 Å². The van der Waals surface area contributed by atoms with Gasteiger partial charge in [-0.3, -0.25) is 9.89 Å². The number of anilines is 1. The van der Waals surface area contributed by atoms with Gasteiger partial charge in [-0.2, -0.15) is 5.10 Å². The molecule has 1 aromatic heterocycles. The second-order valence-corrected chi connectivity index (χ2v) is 6.42. The van der Waals surface area contributed by atoms with E-state index in [0.29, 0.717) is 29.3 Å². The summed E-state index contributed by atoms with van der Waals surface area (Å²) in [5.74, 6) is 1.01. The van der Waals surface area contributed by atoms with Gasteiger partial charge in [-0.1, -0.05) is 19.8 Å². The SMILES string of the molecule is CC1CCCCC1N(C)C(=O)c1n[nH]c(C2CC2)c1N. The molecule has 0 radical (unpaired) electrons. The number of amides is 1. The number of carbonyl (C=O) groups excluding carboxylic acids is 1. The average Bonchev–Trinajstić information content (AvgIpc) is 3.21. The molecule has 2 atom stereocenters. The number of hydrogen-bond acceptors (Lipinski definition) is 3. The number of nitrogens with one attached hydrogen (secondary N) is 1. The Kier molecular flexibility index (Phi) is 3.44. The summed E-state index contributed by atoms with van der Waals surface area (Å²) >= 11 is 0. The van der Waals surface area contributed by atoms with Gasteiger partial charge in [0.15, 0.2) is 5.69 Å². The molecule has 110 valence electrons. The lowest BCUT2D eigenvalue weighted by Crippen LogP contribution is -2.43. The van der Waals surface area contributed by atoms with Crippen molar-refractivity contribution in [2.75, 3.05) is 12.8 Å². The van der Waals surface area contributed by atoms with Gasteiger partial charge in [0.1, 0.15) is 0 Å². The molecule has 1 aromatic rings. The van der Waals surface area contributed by atoms with Gasteiger partial charge in [0.05, 0.1) is 11.4 Å². The summed E-state index contributed by atoms with van der Waals surface area (Å²) in [6.07, 6.45) is 7.06. The number of rotatable bonds is 3. The highest BCUT2D eigenvalue weighted by Crippen LogP contribution is 2.42. The van der Waals surface area contributed by atoms with E-state index < -0.39 is 0 Å². The van der Waals surface area contributed by atoms with Crippen molar-refractivity contribution in [1.29, 1.82) is 0 Å². The molecule has 2 unspecified atom stereocenters. The molecule has 2 fully saturated rings. The van der Waals surface area contributed by atoms with Crippen LogP contribution in [0.15, 0.2) is 0 Å². The van der Waals surface area contributed by atoms with E-state index in [9.17, 15) is 4.79 Å². The minimum Gasteiger partial charge on any atom is -0.395 e. The number of nitrogen functional groups attached to an aromatic ring is 1. The summed E-state index contributed by atoms with van der Waals surface area (Å²) in [7, 11) is 1.89. The third-order valence-electron chi connectivity index (χ3n) is 4.91. The zero-order valence-corrected chi connectivity index (χ0v) is 12.4. The second kappa shape index (κ2) is 5.11. The smallest absolute Gasteiger partial charge is 0.276 e. The maximum atomic E-state index is 12.6. The number of H-pyrrole nitrogens is 1. The monoisotopic (exact) mass is 276 g/mol. The number of nitrogens with two attached hydrogens (primary N) is 1. The molecule has 3 rings (SSSR count). The van der Waals surface area contributed by atoms with Crippen LogP contribution >= 0.6 is 0 Å². The zero-order valence-electron chi connectivity index (χ0n) is 12.4. The molecule has 3 N–H and O–H groups in total. The van der Waals surface area contributed by atoms with E-state index in [4.69, 9.17) is 5.73 Å². The van der Waals surface area contributed by atoms with E-state index in [1.807, 2.05) is 11.9 Å². The Labute approximate surface area is 119 Å². The summed E-state index contributed by atoms with van der Waals surface area (Å²) in [6, 6.07) is 0.316. The lowest BCUT2D eigenvalue weighted by atomic mass is 9.85. The van der Waals surface area contributed by atoms with Crippen molar-refractivity contribution in [2.45, 2.75) is 57.4 Å². The Balaban J connectivity index is 1.77. The predicted octanol–water partition coefficient (Wildman–Crippen LogP) is 2.52. The van der Waals surface area contributed by atoms with Crippen LogP contribution in [0.5, 0.6) is 0 Å². The van der Waals surface area contributed by atoms with Gasteiger partial charge >= 0.3 is 0 Å². The van der Waals surface area contributed by atoms with E-state index in [1.54, 1.807) is 0 Å². The van der Waals surface area contributed by atoms with Crippen molar-refractivity contribution in [3.05, 3.63) is 11.4 Å². The van der Waals surface area contributed by atoms with Gasteiger partial charge in [-0.05, 0) is 31.6 Å². The highest BCUT2D eigenvalue weighted by atomic mass is 16.2. The van der Waals surface area contributed by atoms with Crippen LogP contribution in [0.25, 0.3) is 0 Å². The van der Waals surface area contributed by atoms with Crippen molar-refractivity contribution in [1.82, 2.24) is 15.1 Å². The van der Waals surface area contributed by atoms with Gasteiger partial charge in [-0.25, -0.2) is 0 Å². The topological polar surface area (TPSA) is 75.0 Å². The molecule has 0 aromatic carbocycles. The zero-order chi connectivity index (χ0) is 14.3. The molecule has 0 saturated heterocycles. The Morgan fingerprint density at radius 1 is 1.30 bits per heavy atom. The van der Waals surface area contributed by atoms with Crippen molar-refractivity contribution in [3.63, 3.8) is 0 Å². The summed E-state index contributed by atoms with van der Waals surface area (Å²) in [5.41, 5.74) is 8.04. The van der Waals surface area contributed by atoms with Crippen LogP contribution in [0.3, 0.4) is 0 Å². The average molecular weight is 276 g/mol.